The molecular weight excluding hydrogens is 332 g/mol. The Morgan fingerprint density at radius 2 is 2.19 bits per heavy atom. The van der Waals surface area contributed by atoms with E-state index in [2.05, 4.69) is 10.3 Å². The summed E-state index contributed by atoms with van der Waals surface area (Å²) in [7, 11) is 0. The highest BCUT2D eigenvalue weighted by Gasteiger charge is 2.28. The maximum Gasteiger partial charge on any atom is 0.240 e. The number of rotatable bonds is 11. The van der Waals surface area contributed by atoms with Crippen LogP contribution in [0.5, 0.6) is 0 Å². The van der Waals surface area contributed by atoms with Crippen molar-refractivity contribution in [3.63, 3.8) is 0 Å². The SMILES string of the molecule is CC(C)C[C@H](N)C(=O)N(Cc1cccnc1)[C@H](C=O)CCCNC(=N)N. The first-order valence-electron chi connectivity index (χ1n) is 8.83. The van der Waals surface area contributed by atoms with Gasteiger partial charge in [-0.2, -0.15) is 0 Å². The summed E-state index contributed by atoms with van der Waals surface area (Å²) in [6.07, 6.45) is 5.73. The van der Waals surface area contributed by atoms with Crippen LogP contribution in [0.15, 0.2) is 24.5 Å². The summed E-state index contributed by atoms with van der Waals surface area (Å²) in [5.41, 5.74) is 12.2. The molecule has 6 N–H and O–H groups in total. The van der Waals surface area contributed by atoms with Crippen molar-refractivity contribution < 1.29 is 9.59 Å². The fourth-order valence-corrected chi connectivity index (χ4v) is 2.70. The molecule has 0 spiro atoms. The van der Waals surface area contributed by atoms with Crippen LogP contribution >= 0.6 is 0 Å². The molecule has 26 heavy (non-hydrogen) atoms. The standard InChI is InChI=1S/C18H30N6O2/c1-13(2)9-16(19)17(26)24(11-14-5-3-7-22-10-14)15(12-25)6-4-8-23-18(20)21/h3,5,7,10,12-13,15-16H,4,6,8-9,11,19H2,1-2H3,(H4,20,21,23)/t15-,16-/m0/s1. The predicted molar refractivity (Wildman–Crippen MR) is 101 cm³/mol. The second-order valence-corrected chi connectivity index (χ2v) is 6.75. The van der Waals surface area contributed by atoms with Crippen molar-refractivity contribution in [1.82, 2.24) is 15.2 Å². The third kappa shape index (κ3) is 7.60. The Bertz CT molecular complexity index is 578. The average molecular weight is 362 g/mol. The Morgan fingerprint density at radius 1 is 1.46 bits per heavy atom. The summed E-state index contributed by atoms with van der Waals surface area (Å²) < 4.78 is 0. The first-order chi connectivity index (χ1) is 12.3. The third-order valence-electron chi connectivity index (χ3n) is 3.95. The number of hydrogen-bond acceptors (Lipinski definition) is 5. The van der Waals surface area contributed by atoms with Gasteiger partial charge in [-0.25, -0.2) is 0 Å². The molecule has 0 fully saturated rings. The highest BCUT2D eigenvalue weighted by Crippen LogP contribution is 2.15. The zero-order chi connectivity index (χ0) is 19.5. The third-order valence-corrected chi connectivity index (χ3v) is 3.95. The van der Waals surface area contributed by atoms with Crippen molar-refractivity contribution in [2.45, 2.75) is 51.7 Å². The van der Waals surface area contributed by atoms with E-state index in [1.807, 2.05) is 19.9 Å². The smallest absolute Gasteiger partial charge is 0.240 e. The summed E-state index contributed by atoms with van der Waals surface area (Å²) in [5.74, 6) is -0.0716. The minimum Gasteiger partial charge on any atom is -0.370 e. The molecule has 144 valence electrons. The Morgan fingerprint density at radius 3 is 2.73 bits per heavy atom. The molecule has 1 rings (SSSR count). The Balaban J connectivity index is 2.87. The lowest BCUT2D eigenvalue weighted by Crippen LogP contribution is -2.49. The summed E-state index contributed by atoms with van der Waals surface area (Å²) in [4.78, 5) is 30.2. The Labute approximate surface area is 154 Å². The highest BCUT2D eigenvalue weighted by atomic mass is 16.2. The minimum atomic E-state index is -0.649. The van der Waals surface area contributed by atoms with Gasteiger partial charge in [0, 0.05) is 25.5 Å². The zero-order valence-corrected chi connectivity index (χ0v) is 15.5. The maximum atomic E-state index is 12.9. The molecule has 0 aliphatic carbocycles. The molecule has 1 amide bonds. The Hall–Kier alpha value is -2.48. The number of hydrogen-bond donors (Lipinski definition) is 4. The van der Waals surface area contributed by atoms with Crippen LogP contribution in [0.4, 0.5) is 0 Å². The van der Waals surface area contributed by atoms with Crippen LogP contribution in [0.2, 0.25) is 0 Å². The van der Waals surface area contributed by atoms with E-state index < -0.39 is 12.1 Å². The van der Waals surface area contributed by atoms with Crippen molar-refractivity contribution in [3.05, 3.63) is 30.1 Å². The van der Waals surface area contributed by atoms with E-state index in [4.69, 9.17) is 16.9 Å². The summed E-state index contributed by atoms with van der Waals surface area (Å²) in [6, 6.07) is 2.42. The van der Waals surface area contributed by atoms with Gasteiger partial charge < -0.3 is 26.5 Å². The van der Waals surface area contributed by atoms with E-state index in [9.17, 15) is 9.59 Å². The largest absolute Gasteiger partial charge is 0.370 e. The lowest BCUT2D eigenvalue weighted by molar-refractivity contribution is -0.138. The quantitative estimate of drug-likeness (QED) is 0.197. The predicted octanol–water partition coefficient (Wildman–Crippen LogP) is 0.614. The normalized spacial score (nSPS) is 13.1. The van der Waals surface area contributed by atoms with E-state index in [-0.39, 0.29) is 24.3 Å². The summed E-state index contributed by atoms with van der Waals surface area (Å²) in [6.45, 7) is 4.75. The highest BCUT2D eigenvalue weighted by molar-refractivity contribution is 5.84. The molecule has 0 aliphatic rings. The lowest BCUT2D eigenvalue weighted by Gasteiger charge is -2.31. The number of aromatic nitrogens is 1. The van der Waals surface area contributed by atoms with Gasteiger partial charge in [0.05, 0.1) is 12.1 Å². The van der Waals surface area contributed by atoms with Crippen LogP contribution in [0.25, 0.3) is 0 Å². The van der Waals surface area contributed by atoms with Gasteiger partial charge in [-0.3, -0.25) is 15.2 Å². The molecule has 8 nitrogen and oxygen atoms in total. The van der Waals surface area contributed by atoms with Gasteiger partial charge in [-0.15, -0.1) is 0 Å². The molecule has 0 bridgehead atoms. The maximum absolute atomic E-state index is 12.9. The van der Waals surface area contributed by atoms with Gasteiger partial charge in [0.25, 0.3) is 0 Å². The number of carbonyl (C=O) groups is 2. The monoisotopic (exact) mass is 362 g/mol. The topological polar surface area (TPSA) is 138 Å². The summed E-state index contributed by atoms with van der Waals surface area (Å²) >= 11 is 0. The van der Waals surface area contributed by atoms with Crippen LogP contribution in [-0.2, 0) is 16.1 Å². The Kier molecular flexibility index (Phi) is 9.29. The summed E-state index contributed by atoms with van der Waals surface area (Å²) in [5, 5.41) is 9.86. The number of pyridine rings is 1. The molecule has 0 saturated carbocycles. The van der Waals surface area contributed by atoms with E-state index in [1.54, 1.807) is 18.5 Å². The van der Waals surface area contributed by atoms with Crippen molar-refractivity contribution in [2.75, 3.05) is 6.54 Å². The van der Waals surface area contributed by atoms with E-state index >= 15 is 0 Å². The average Bonchev–Trinajstić information content (AvgIpc) is 2.60. The number of nitrogens with two attached hydrogens (primary N) is 2. The molecular formula is C18H30N6O2. The van der Waals surface area contributed by atoms with Gasteiger partial charge >= 0.3 is 0 Å². The van der Waals surface area contributed by atoms with Crippen molar-refractivity contribution in [1.29, 1.82) is 5.41 Å². The van der Waals surface area contributed by atoms with Crippen molar-refractivity contribution in [2.24, 2.45) is 17.4 Å². The molecule has 0 saturated heterocycles. The number of aldehydes is 1. The van der Waals surface area contributed by atoms with E-state index in [1.165, 1.54) is 4.90 Å². The number of amides is 1. The van der Waals surface area contributed by atoms with E-state index in [0.717, 1.165) is 11.8 Å². The molecule has 0 radical (unpaired) electrons. The van der Waals surface area contributed by atoms with Gasteiger partial charge in [-0.05, 0) is 36.8 Å². The number of guanidine groups is 1. The first-order valence-corrected chi connectivity index (χ1v) is 8.83. The van der Waals surface area contributed by atoms with E-state index in [0.29, 0.717) is 25.8 Å². The molecule has 2 atom stereocenters. The van der Waals surface area contributed by atoms with Crippen molar-refractivity contribution >= 4 is 18.2 Å². The molecule has 0 aromatic carbocycles. The second kappa shape index (κ2) is 11.2. The van der Waals surface area contributed by atoms with Gasteiger partial charge in [0.1, 0.15) is 6.29 Å². The molecule has 1 aromatic heterocycles. The lowest BCUT2D eigenvalue weighted by atomic mass is 10.0. The number of carbonyl (C=O) groups excluding carboxylic acids is 2. The van der Waals surface area contributed by atoms with Gasteiger partial charge in [0.2, 0.25) is 5.91 Å². The zero-order valence-electron chi connectivity index (χ0n) is 15.5. The van der Waals surface area contributed by atoms with Crippen molar-refractivity contribution in [3.8, 4) is 0 Å². The first kappa shape index (κ1) is 21.6. The molecule has 0 unspecified atom stereocenters. The second-order valence-electron chi connectivity index (χ2n) is 6.75. The number of nitrogens with zero attached hydrogens (tertiary/aromatic N) is 2. The fourth-order valence-electron chi connectivity index (χ4n) is 2.70. The van der Waals surface area contributed by atoms with Gasteiger partial charge in [0.15, 0.2) is 5.96 Å². The van der Waals surface area contributed by atoms with Crippen LogP contribution in [-0.4, -0.2) is 46.7 Å². The molecule has 8 heteroatoms. The van der Waals surface area contributed by atoms with Crippen LogP contribution in [0.3, 0.4) is 0 Å². The van der Waals surface area contributed by atoms with Crippen LogP contribution in [0.1, 0.15) is 38.7 Å². The van der Waals surface area contributed by atoms with Crippen LogP contribution in [0, 0.1) is 11.3 Å². The molecule has 1 aromatic rings. The fraction of sp³-hybridized carbons (Fsp3) is 0.556. The molecule has 0 aliphatic heterocycles. The number of nitrogens with one attached hydrogen (secondary N) is 2. The van der Waals surface area contributed by atoms with Crippen LogP contribution < -0.4 is 16.8 Å². The van der Waals surface area contributed by atoms with Gasteiger partial charge in [-0.1, -0.05) is 19.9 Å². The molecule has 1 heterocycles. The minimum absolute atomic E-state index is 0.116.